The van der Waals surface area contributed by atoms with Crippen molar-refractivity contribution in [2.24, 2.45) is 0 Å². The Kier molecular flexibility index (Phi) is 2.97. The summed E-state index contributed by atoms with van der Waals surface area (Å²) in [5.74, 6) is 0. The highest BCUT2D eigenvalue weighted by Gasteiger charge is 2.06. The summed E-state index contributed by atoms with van der Waals surface area (Å²) in [6.45, 7) is 2.99. The van der Waals surface area contributed by atoms with Gasteiger partial charge in [0.05, 0.1) is 11.4 Å². The average Bonchev–Trinajstić information content (AvgIpc) is 2.66. The van der Waals surface area contributed by atoms with Crippen LogP contribution in [0.3, 0.4) is 0 Å². The zero-order chi connectivity index (χ0) is 10.7. The number of aryl methyl sites for hydroxylation is 1. The van der Waals surface area contributed by atoms with E-state index in [0.717, 1.165) is 24.4 Å². The summed E-state index contributed by atoms with van der Waals surface area (Å²) in [4.78, 5) is 8.02. The molecular weight excluding hydrogens is 212 g/mol. The lowest BCUT2D eigenvalue weighted by Crippen LogP contribution is -2.02. The van der Waals surface area contributed by atoms with E-state index in [1.807, 2.05) is 10.7 Å². The summed E-state index contributed by atoms with van der Waals surface area (Å²) >= 11 is 5.81. The lowest BCUT2D eigenvalue weighted by Gasteiger charge is -2.04. The Labute approximate surface area is 92.9 Å². The minimum atomic E-state index is 0.448. The number of rotatable bonds is 3. The molecule has 0 aromatic carbocycles. The Bertz CT molecular complexity index is 452. The summed E-state index contributed by atoms with van der Waals surface area (Å²) in [7, 11) is 0. The second-order valence-electron chi connectivity index (χ2n) is 3.17. The first-order valence-electron chi connectivity index (χ1n) is 4.81. The van der Waals surface area contributed by atoms with E-state index in [2.05, 4.69) is 22.0 Å². The first kappa shape index (κ1) is 10.1. The molecule has 0 radical (unpaired) electrons. The molecule has 2 rings (SSSR count). The molecule has 2 aromatic rings. The molecule has 0 atom stereocenters. The molecule has 0 fully saturated rings. The van der Waals surface area contributed by atoms with Gasteiger partial charge in [-0.15, -0.1) is 0 Å². The van der Waals surface area contributed by atoms with Gasteiger partial charge in [-0.2, -0.15) is 5.10 Å². The molecule has 0 aliphatic heterocycles. The molecule has 0 amide bonds. The van der Waals surface area contributed by atoms with Crippen molar-refractivity contribution in [2.45, 2.75) is 19.9 Å². The zero-order valence-electron chi connectivity index (χ0n) is 8.39. The molecule has 78 valence electrons. The highest BCUT2D eigenvalue weighted by atomic mass is 35.5. The highest BCUT2D eigenvalue weighted by molar-refractivity contribution is 6.29. The Balaban J connectivity index is 2.40. The standard InChI is InChI=1S/C10H11ClN4/c1-2-5-15-9(3-4-14-15)8-6-10(11)13-7-12-8/h3-4,6-7H,2,5H2,1H3. The number of hydrogen-bond acceptors (Lipinski definition) is 3. The summed E-state index contributed by atoms with van der Waals surface area (Å²) < 4.78 is 1.92. The fourth-order valence-electron chi connectivity index (χ4n) is 1.41. The monoisotopic (exact) mass is 222 g/mol. The summed E-state index contributed by atoms with van der Waals surface area (Å²) in [5.41, 5.74) is 1.78. The third-order valence-electron chi connectivity index (χ3n) is 2.05. The quantitative estimate of drug-likeness (QED) is 0.749. The minimum absolute atomic E-state index is 0.448. The van der Waals surface area contributed by atoms with Crippen LogP contribution in [0.15, 0.2) is 24.7 Å². The molecule has 2 heterocycles. The van der Waals surface area contributed by atoms with Gasteiger partial charge in [-0.1, -0.05) is 18.5 Å². The SMILES string of the molecule is CCCn1nccc1-c1cc(Cl)ncn1. The molecule has 0 aliphatic carbocycles. The normalized spacial score (nSPS) is 10.5. The molecular formula is C10H11ClN4. The number of aromatic nitrogens is 4. The molecule has 0 saturated carbocycles. The maximum atomic E-state index is 5.81. The Hall–Kier alpha value is -1.42. The zero-order valence-corrected chi connectivity index (χ0v) is 9.15. The molecule has 4 nitrogen and oxygen atoms in total. The van der Waals surface area contributed by atoms with Crippen molar-refractivity contribution in [3.63, 3.8) is 0 Å². The number of hydrogen-bond donors (Lipinski definition) is 0. The topological polar surface area (TPSA) is 43.6 Å². The van der Waals surface area contributed by atoms with E-state index in [-0.39, 0.29) is 0 Å². The van der Waals surface area contributed by atoms with Crippen molar-refractivity contribution < 1.29 is 0 Å². The minimum Gasteiger partial charge on any atom is -0.263 e. The smallest absolute Gasteiger partial charge is 0.133 e. The van der Waals surface area contributed by atoms with Crippen LogP contribution in [0.25, 0.3) is 11.4 Å². The molecule has 0 aliphatic rings. The third-order valence-corrected chi connectivity index (χ3v) is 2.25. The molecule has 0 spiro atoms. The van der Waals surface area contributed by atoms with Crippen molar-refractivity contribution in [1.29, 1.82) is 0 Å². The van der Waals surface area contributed by atoms with E-state index in [4.69, 9.17) is 11.6 Å². The molecule has 0 saturated heterocycles. The van der Waals surface area contributed by atoms with E-state index < -0.39 is 0 Å². The fraction of sp³-hybridized carbons (Fsp3) is 0.300. The van der Waals surface area contributed by atoms with Gasteiger partial charge in [-0.3, -0.25) is 4.68 Å². The largest absolute Gasteiger partial charge is 0.263 e. The van der Waals surface area contributed by atoms with Crippen LogP contribution in [0.1, 0.15) is 13.3 Å². The Morgan fingerprint density at radius 1 is 1.40 bits per heavy atom. The van der Waals surface area contributed by atoms with Gasteiger partial charge in [0.25, 0.3) is 0 Å². The van der Waals surface area contributed by atoms with E-state index in [0.29, 0.717) is 5.15 Å². The van der Waals surface area contributed by atoms with Crippen LogP contribution in [0.2, 0.25) is 5.15 Å². The number of halogens is 1. The first-order chi connectivity index (χ1) is 7.31. The van der Waals surface area contributed by atoms with E-state index in [9.17, 15) is 0 Å². The highest BCUT2D eigenvalue weighted by Crippen LogP contribution is 2.18. The van der Waals surface area contributed by atoms with Crippen LogP contribution in [0.5, 0.6) is 0 Å². The predicted molar refractivity (Wildman–Crippen MR) is 58.6 cm³/mol. The van der Waals surface area contributed by atoms with Gasteiger partial charge in [0, 0.05) is 18.8 Å². The van der Waals surface area contributed by atoms with Gasteiger partial charge >= 0.3 is 0 Å². The fourth-order valence-corrected chi connectivity index (χ4v) is 1.56. The Morgan fingerprint density at radius 3 is 3.00 bits per heavy atom. The van der Waals surface area contributed by atoms with Gasteiger partial charge in [0.2, 0.25) is 0 Å². The summed E-state index contributed by atoms with van der Waals surface area (Å²) in [6.07, 6.45) is 4.26. The van der Waals surface area contributed by atoms with Crippen LogP contribution in [0.4, 0.5) is 0 Å². The van der Waals surface area contributed by atoms with Crippen LogP contribution in [0, 0.1) is 0 Å². The maximum Gasteiger partial charge on any atom is 0.133 e. The summed E-state index contributed by atoms with van der Waals surface area (Å²) in [6, 6.07) is 3.67. The van der Waals surface area contributed by atoms with Crippen molar-refractivity contribution in [1.82, 2.24) is 19.7 Å². The van der Waals surface area contributed by atoms with Crippen LogP contribution in [-0.4, -0.2) is 19.7 Å². The predicted octanol–water partition coefficient (Wildman–Crippen LogP) is 2.40. The van der Waals surface area contributed by atoms with Gasteiger partial charge < -0.3 is 0 Å². The van der Waals surface area contributed by atoms with Gasteiger partial charge in [-0.25, -0.2) is 9.97 Å². The molecule has 0 N–H and O–H groups in total. The van der Waals surface area contributed by atoms with Gasteiger partial charge in [0.1, 0.15) is 11.5 Å². The van der Waals surface area contributed by atoms with Gasteiger partial charge in [0.15, 0.2) is 0 Å². The third kappa shape index (κ3) is 2.15. The van der Waals surface area contributed by atoms with E-state index in [1.165, 1.54) is 6.33 Å². The van der Waals surface area contributed by atoms with Crippen molar-refractivity contribution >= 4 is 11.6 Å². The maximum absolute atomic E-state index is 5.81. The van der Waals surface area contributed by atoms with Crippen molar-refractivity contribution in [2.75, 3.05) is 0 Å². The second kappa shape index (κ2) is 4.40. The molecule has 2 aromatic heterocycles. The second-order valence-corrected chi connectivity index (χ2v) is 3.55. The lowest BCUT2D eigenvalue weighted by atomic mass is 10.3. The van der Waals surface area contributed by atoms with Crippen LogP contribution in [-0.2, 0) is 6.54 Å². The van der Waals surface area contributed by atoms with Gasteiger partial charge in [-0.05, 0) is 12.5 Å². The van der Waals surface area contributed by atoms with Crippen molar-refractivity contribution in [3.8, 4) is 11.4 Å². The summed E-state index contributed by atoms with van der Waals surface area (Å²) in [5, 5.41) is 4.67. The Morgan fingerprint density at radius 2 is 2.27 bits per heavy atom. The average molecular weight is 223 g/mol. The molecule has 15 heavy (non-hydrogen) atoms. The van der Waals surface area contributed by atoms with Crippen LogP contribution >= 0.6 is 11.6 Å². The molecule has 0 bridgehead atoms. The molecule has 5 heteroatoms. The van der Waals surface area contributed by atoms with Crippen molar-refractivity contribution in [3.05, 3.63) is 29.8 Å². The number of nitrogens with zero attached hydrogens (tertiary/aromatic N) is 4. The lowest BCUT2D eigenvalue weighted by molar-refractivity contribution is 0.608. The molecule has 0 unspecified atom stereocenters. The van der Waals surface area contributed by atoms with E-state index >= 15 is 0 Å². The van der Waals surface area contributed by atoms with Crippen LogP contribution < -0.4 is 0 Å². The first-order valence-corrected chi connectivity index (χ1v) is 5.19. The van der Waals surface area contributed by atoms with E-state index in [1.54, 1.807) is 12.3 Å².